The molecule has 32 heavy (non-hydrogen) atoms. The number of rotatable bonds is 10. The molecule has 0 atom stereocenters. The summed E-state index contributed by atoms with van der Waals surface area (Å²) in [4.78, 5) is 23.5. The number of hydrogen-bond donors (Lipinski definition) is 0. The third-order valence-corrected chi connectivity index (χ3v) is 4.52. The molecule has 0 radical (unpaired) electrons. The Morgan fingerprint density at radius 3 is 2.28 bits per heavy atom. The van der Waals surface area contributed by atoms with Crippen LogP contribution in [0.5, 0.6) is 17.2 Å². The highest BCUT2D eigenvalue weighted by Gasteiger charge is 2.14. The summed E-state index contributed by atoms with van der Waals surface area (Å²) >= 11 is 0. The molecule has 0 aliphatic carbocycles. The van der Waals surface area contributed by atoms with Crippen LogP contribution in [0, 0.1) is 0 Å². The van der Waals surface area contributed by atoms with Crippen molar-refractivity contribution in [3.63, 3.8) is 0 Å². The van der Waals surface area contributed by atoms with E-state index >= 15 is 0 Å². The maximum atomic E-state index is 11.8. The van der Waals surface area contributed by atoms with E-state index in [-0.39, 0.29) is 18.3 Å². The summed E-state index contributed by atoms with van der Waals surface area (Å²) in [5.74, 6) is 1.38. The number of carbonyl (C=O) groups excluding carboxylic acids is 2. The summed E-state index contributed by atoms with van der Waals surface area (Å²) in [6.45, 7) is 4.09. The van der Waals surface area contributed by atoms with E-state index in [0.717, 1.165) is 5.56 Å². The van der Waals surface area contributed by atoms with Gasteiger partial charge in [0.2, 0.25) is 0 Å². The van der Waals surface area contributed by atoms with Crippen LogP contribution in [0.15, 0.2) is 53.1 Å². The van der Waals surface area contributed by atoms with E-state index in [2.05, 4.69) is 5.16 Å². The number of carbonyl (C=O) groups is 2. The van der Waals surface area contributed by atoms with Crippen molar-refractivity contribution in [2.75, 3.05) is 20.3 Å². The molecular weight excluding hydrogens is 414 g/mol. The SMILES string of the molecule is CCOC(=O)c1ccc(Oc2cc(CCc3cc(C(=O)OCC)no3)ccc2OC)cc1. The standard InChI is InChI=1S/C24H25NO7/c1-4-29-23(26)17-8-11-18(12-9-17)31-22-14-16(7-13-21(22)28-3)6-10-19-15-20(25-32-19)24(27)30-5-2/h7-9,11-15H,4-6,10H2,1-3H3. The Labute approximate surface area is 186 Å². The van der Waals surface area contributed by atoms with Crippen LogP contribution in [0.3, 0.4) is 0 Å². The summed E-state index contributed by atoms with van der Waals surface area (Å²) in [7, 11) is 1.57. The lowest BCUT2D eigenvalue weighted by Crippen LogP contribution is -2.04. The number of esters is 2. The molecule has 8 heteroatoms. The lowest BCUT2D eigenvalue weighted by Gasteiger charge is -2.12. The molecule has 3 aromatic rings. The summed E-state index contributed by atoms with van der Waals surface area (Å²) in [5, 5.41) is 3.75. The van der Waals surface area contributed by atoms with Crippen molar-refractivity contribution in [1.29, 1.82) is 0 Å². The highest BCUT2D eigenvalue weighted by molar-refractivity contribution is 5.89. The van der Waals surface area contributed by atoms with Gasteiger partial charge in [0.25, 0.3) is 0 Å². The van der Waals surface area contributed by atoms with Crippen molar-refractivity contribution >= 4 is 11.9 Å². The van der Waals surface area contributed by atoms with Crippen LogP contribution in [0.1, 0.15) is 46.0 Å². The molecule has 0 fully saturated rings. The van der Waals surface area contributed by atoms with Gasteiger partial charge in [0.1, 0.15) is 11.5 Å². The molecule has 2 aromatic carbocycles. The second-order valence-corrected chi connectivity index (χ2v) is 6.73. The van der Waals surface area contributed by atoms with Gasteiger partial charge in [-0.2, -0.15) is 0 Å². The molecule has 1 heterocycles. The number of methoxy groups -OCH3 is 1. The van der Waals surface area contributed by atoms with Crippen molar-refractivity contribution in [1.82, 2.24) is 5.16 Å². The van der Waals surface area contributed by atoms with Crippen molar-refractivity contribution < 1.29 is 33.1 Å². The zero-order chi connectivity index (χ0) is 22.9. The van der Waals surface area contributed by atoms with Gasteiger partial charge in [0.15, 0.2) is 17.2 Å². The molecule has 3 rings (SSSR count). The monoisotopic (exact) mass is 439 g/mol. The van der Waals surface area contributed by atoms with Crippen LogP contribution in [0.2, 0.25) is 0 Å². The Morgan fingerprint density at radius 2 is 1.59 bits per heavy atom. The predicted octanol–water partition coefficient (Wildman–Crippen LogP) is 4.61. The lowest BCUT2D eigenvalue weighted by atomic mass is 10.1. The van der Waals surface area contributed by atoms with Gasteiger partial charge in [-0.1, -0.05) is 11.2 Å². The molecule has 0 unspecified atom stereocenters. The Kier molecular flexibility index (Phi) is 7.85. The molecule has 0 N–H and O–H groups in total. The predicted molar refractivity (Wildman–Crippen MR) is 115 cm³/mol. The quantitative estimate of drug-likeness (QED) is 0.422. The highest BCUT2D eigenvalue weighted by atomic mass is 16.5. The fourth-order valence-corrected chi connectivity index (χ4v) is 2.96. The third-order valence-electron chi connectivity index (χ3n) is 4.52. The van der Waals surface area contributed by atoms with E-state index in [1.54, 1.807) is 51.3 Å². The van der Waals surface area contributed by atoms with Crippen molar-refractivity contribution in [2.45, 2.75) is 26.7 Å². The Bertz CT molecular complexity index is 1060. The zero-order valence-corrected chi connectivity index (χ0v) is 18.3. The van der Waals surface area contributed by atoms with Gasteiger partial charge in [-0.25, -0.2) is 9.59 Å². The van der Waals surface area contributed by atoms with Gasteiger partial charge in [-0.05, 0) is 62.2 Å². The van der Waals surface area contributed by atoms with E-state index in [4.69, 9.17) is 23.5 Å². The first-order valence-electron chi connectivity index (χ1n) is 10.3. The van der Waals surface area contributed by atoms with E-state index < -0.39 is 5.97 Å². The Balaban J connectivity index is 1.68. The van der Waals surface area contributed by atoms with Crippen LogP contribution in [-0.2, 0) is 22.3 Å². The number of benzene rings is 2. The van der Waals surface area contributed by atoms with Gasteiger partial charge in [-0.3, -0.25) is 0 Å². The summed E-state index contributed by atoms with van der Waals surface area (Å²) in [6.07, 6.45) is 1.19. The first-order valence-corrected chi connectivity index (χ1v) is 10.3. The molecule has 0 bridgehead atoms. The number of nitrogens with zero attached hydrogens (tertiary/aromatic N) is 1. The first-order chi connectivity index (χ1) is 15.5. The number of aromatic nitrogens is 1. The normalized spacial score (nSPS) is 10.5. The maximum absolute atomic E-state index is 11.8. The van der Waals surface area contributed by atoms with Gasteiger partial charge >= 0.3 is 11.9 Å². The summed E-state index contributed by atoms with van der Waals surface area (Å²) < 4.78 is 26.5. The minimum atomic E-state index is -0.503. The molecule has 0 spiro atoms. The zero-order valence-electron chi connectivity index (χ0n) is 18.3. The fraction of sp³-hybridized carbons (Fsp3) is 0.292. The van der Waals surface area contributed by atoms with E-state index in [1.165, 1.54) is 0 Å². The molecule has 0 amide bonds. The van der Waals surface area contributed by atoms with E-state index in [0.29, 0.717) is 48.0 Å². The summed E-state index contributed by atoms with van der Waals surface area (Å²) in [5.41, 5.74) is 1.60. The molecule has 0 aliphatic heterocycles. The van der Waals surface area contributed by atoms with Crippen molar-refractivity contribution in [2.24, 2.45) is 0 Å². The number of ether oxygens (including phenoxy) is 4. The number of hydrogen-bond acceptors (Lipinski definition) is 8. The van der Waals surface area contributed by atoms with Gasteiger partial charge < -0.3 is 23.5 Å². The minimum absolute atomic E-state index is 0.159. The Hall–Kier alpha value is -3.81. The molecule has 8 nitrogen and oxygen atoms in total. The average molecular weight is 439 g/mol. The van der Waals surface area contributed by atoms with Crippen LogP contribution in [0.25, 0.3) is 0 Å². The Morgan fingerprint density at radius 1 is 0.875 bits per heavy atom. The fourth-order valence-electron chi connectivity index (χ4n) is 2.96. The minimum Gasteiger partial charge on any atom is -0.493 e. The topological polar surface area (TPSA) is 97.1 Å². The van der Waals surface area contributed by atoms with Crippen molar-refractivity contribution in [3.8, 4) is 17.2 Å². The largest absolute Gasteiger partial charge is 0.493 e. The molecule has 168 valence electrons. The van der Waals surface area contributed by atoms with Gasteiger partial charge in [0.05, 0.1) is 25.9 Å². The average Bonchev–Trinajstić information content (AvgIpc) is 3.28. The first kappa shape index (κ1) is 22.9. The second-order valence-electron chi connectivity index (χ2n) is 6.73. The highest BCUT2D eigenvalue weighted by Crippen LogP contribution is 2.33. The van der Waals surface area contributed by atoms with Crippen LogP contribution >= 0.6 is 0 Å². The van der Waals surface area contributed by atoms with Crippen LogP contribution in [0.4, 0.5) is 0 Å². The summed E-state index contributed by atoms with van der Waals surface area (Å²) in [6, 6.07) is 13.9. The third kappa shape index (κ3) is 5.87. The maximum Gasteiger partial charge on any atom is 0.360 e. The van der Waals surface area contributed by atoms with E-state index in [9.17, 15) is 9.59 Å². The van der Waals surface area contributed by atoms with E-state index in [1.807, 2.05) is 18.2 Å². The van der Waals surface area contributed by atoms with Gasteiger partial charge in [-0.15, -0.1) is 0 Å². The molecule has 1 aromatic heterocycles. The smallest absolute Gasteiger partial charge is 0.360 e. The number of aryl methyl sites for hydroxylation is 2. The molecule has 0 saturated carbocycles. The van der Waals surface area contributed by atoms with Gasteiger partial charge in [0, 0.05) is 12.5 Å². The lowest BCUT2D eigenvalue weighted by molar-refractivity contribution is 0.0509. The van der Waals surface area contributed by atoms with Crippen LogP contribution in [-0.4, -0.2) is 37.4 Å². The van der Waals surface area contributed by atoms with Crippen LogP contribution < -0.4 is 9.47 Å². The molecular formula is C24H25NO7. The van der Waals surface area contributed by atoms with Crippen molar-refractivity contribution in [3.05, 3.63) is 71.1 Å². The second kappa shape index (κ2) is 11.0. The molecule has 0 saturated heterocycles. The molecule has 0 aliphatic rings.